The van der Waals surface area contributed by atoms with Crippen molar-refractivity contribution in [3.8, 4) is 0 Å². The summed E-state index contributed by atoms with van der Waals surface area (Å²) in [7, 11) is 0. The number of hydrogen-bond donors (Lipinski definition) is 3. The van der Waals surface area contributed by atoms with Crippen molar-refractivity contribution < 1.29 is 19.8 Å². The van der Waals surface area contributed by atoms with Gasteiger partial charge in [-0.3, -0.25) is 4.79 Å². The molecule has 0 aliphatic heterocycles. The van der Waals surface area contributed by atoms with Crippen molar-refractivity contribution in [2.24, 2.45) is 0 Å². The molecule has 2 rings (SSSR count). The number of rotatable bonds is 4. The van der Waals surface area contributed by atoms with Gasteiger partial charge >= 0.3 is 5.97 Å². The van der Waals surface area contributed by atoms with E-state index in [9.17, 15) is 14.7 Å². The van der Waals surface area contributed by atoms with Crippen LogP contribution >= 0.6 is 0 Å². The van der Waals surface area contributed by atoms with Gasteiger partial charge in [-0.05, 0) is 24.3 Å². The Labute approximate surface area is 108 Å². The number of hydrogen-bond acceptors (Lipinski definition) is 4. The number of carboxylic acids is 1. The van der Waals surface area contributed by atoms with Crippen molar-refractivity contribution in [2.75, 3.05) is 0 Å². The largest absolute Gasteiger partial charge is 0.506 e. The highest BCUT2D eigenvalue weighted by Crippen LogP contribution is 2.11. The topological polar surface area (TPSA) is 103 Å². The van der Waals surface area contributed by atoms with Crippen LogP contribution in [0.2, 0.25) is 0 Å². The van der Waals surface area contributed by atoms with Crippen LogP contribution in [0.4, 0.5) is 0 Å². The molecule has 3 N–H and O–H groups in total. The molecule has 0 aliphatic carbocycles. The predicted octanol–water partition coefficient (Wildman–Crippen LogP) is 1.89. The van der Waals surface area contributed by atoms with Crippen LogP contribution in [0.3, 0.4) is 0 Å². The first-order chi connectivity index (χ1) is 9.08. The zero-order valence-corrected chi connectivity index (χ0v) is 9.70. The maximum absolute atomic E-state index is 11.7. The number of pyridine rings is 1. The number of allylic oxidation sites excluding steroid dienone is 1. The number of nitrogens with one attached hydrogen (secondary N) is 1. The molecule has 96 valence electrons. The van der Waals surface area contributed by atoms with Gasteiger partial charge in [0, 0.05) is 12.3 Å². The smallest absolute Gasteiger partial charge is 0.354 e. The van der Waals surface area contributed by atoms with E-state index >= 15 is 0 Å². The third kappa shape index (κ3) is 2.86. The van der Waals surface area contributed by atoms with Gasteiger partial charge in [0.1, 0.15) is 17.1 Å². The van der Waals surface area contributed by atoms with Crippen LogP contribution in [0.15, 0.2) is 42.6 Å². The predicted molar refractivity (Wildman–Crippen MR) is 66.9 cm³/mol. The number of aliphatic hydroxyl groups excluding tert-OH is 1. The summed E-state index contributed by atoms with van der Waals surface area (Å²) in [4.78, 5) is 28.9. The van der Waals surface area contributed by atoms with Crippen LogP contribution in [-0.4, -0.2) is 31.9 Å². The summed E-state index contributed by atoms with van der Waals surface area (Å²) in [6, 6.07) is 7.37. The standard InChI is InChI=1S/C13H10N2O4/c16-11(8-5-2-6-14-8)7-12(17)9-3-1-4-10(15-9)13(18)19/h1-7,14,17H,(H,18,19)/b12-7-. The van der Waals surface area contributed by atoms with E-state index in [1.54, 1.807) is 18.3 Å². The van der Waals surface area contributed by atoms with E-state index in [1.165, 1.54) is 18.2 Å². The molecule has 2 heterocycles. The van der Waals surface area contributed by atoms with E-state index in [0.29, 0.717) is 5.69 Å². The highest BCUT2D eigenvalue weighted by Gasteiger charge is 2.10. The number of ketones is 1. The minimum absolute atomic E-state index is 0.0276. The Morgan fingerprint density at radius 1 is 1.11 bits per heavy atom. The van der Waals surface area contributed by atoms with E-state index in [2.05, 4.69) is 9.97 Å². The zero-order chi connectivity index (χ0) is 13.8. The molecule has 0 fully saturated rings. The highest BCUT2D eigenvalue weighted by atomic mass is 16.4. The fourth-order valence-electron chi connectivity index (χ4n) is 1.46. The van der Waals surface area contributed by atoms with Crippen LogP contribution in [0.5, 0.6) is 0 Å². The van der Waals surface area contributed by atoms with Crippen LogP contribution in [-0.2, 0) is 0 Å². The molecule has 0 saturated heterocycles. The first kappa shape index (κ1) is 12.6. The molecule has 2 aromatic heterocycles. The molecule has 0 atom stereocenters. The molecule has 6 nitrogen and oxygen atoms in total. The second kappa shape index (κ2) is 5.18. The lowest BCUT2D eigenvalue weighted by Gasteiger charge is -2.00. The SMILES string of the molecule is O=C(O)c1cccc(/C(O)=C/C(=O)c2ccc[nH]2)n1. The summed E-state index contributed by atoms with van der Waals surface area (Å²) in [6.07, 6.45) is 2.57. The van der Waals surface area contributed by atoms with Gasteiger partial charge in [-0.1, -0.05) is 6.07 Å². The number of carboxylic acid groups (broad SMARTS) is 1. The number of aromatic amines is 1. The minimum atomic E-state index is -1.20. The van der Waals surface area contributed by atoms with E-state index in [-0.39, 0.29) is 17.1 Å². The molecule has 6 heteroatoms. The van der Waals surface area contributed by atoms with Gasteiger partial charge in [0.05, 0.1) is 5.69 Å². The van der Waals surface area contributed by atoms with Crippen LogP contribution in [0.1, 0.15) is 26.7 Å². The fourth-order valence-corrected chi connectivity index (χ4v) is 1.46. The van der Waals surface area contributed by atoms with Gasteiger partial charge in [0.2, 0.25) is 5.78 Å². The molecular formula is C13H10N2O4. The van der Waals surface area contributed by atoms with E-state index in [4.69, 9.17) is 5.11 Å². The summed E-state index contributed by atoms with van der Waals surface area (Å²) in [5.74, 6) is -2.02. The summed E-state index contributed by atoms with van der Waals surface area (Å²) in [6.45, 7) is 0. The maximum Gasteiger partial charge on any atom is 0.354 e. The minimum Gasteiger partial charge on any atom is -0.506 e. The Hall–Kier alpha value is -2.89. The summed E-state index contributed by atoms with van der Waals surface area (Å²) < 4.78 is 0. The quantitative estimate of drug-likeness (QED) is 0.441. The number of carbonyl (C=O) groups excluding carboxylic acids is 1. The lowest BCUT2D eigenvalue weighted by molar-refractivity contribution is 0.0690. The summed E-state index contributed by atoms with van der Waals surface area (Å²) >= 11 is 0. The molecule has 0 radical (unpaired) electrons. The van der Waals surface area contributed by atoms with E-state index in [1.807, 2.05) is 0 Å². The molecule has 0 aromatic carbocycles. The zero-order valence-electron chi connectivity index (χ0n) is 9.70. The first-order valence-corrected chi connectivity index (χ1v) is 5.37. The molecule has 0 amide bonds. The van der Waals surface area contributed by atoms with Gasteiger partial charge in [0.15, 0.2) is 0 Å². The Morgan fingerprint density at radius 3 is 2.47 bits per heavy atom. The fraction of sp³-hybridized carbons (Fsp3) is 0. The number of aromatic nitrogens is 2. The van der Waals surface area contributed by atoms with Gasteiger partial charge in [0.25, 0.3) is 0 Å². The molecule has 0 spiro atoms. The molecule has 19 heavy (non-hydrogen) atoms. The Bertz CT molecular complexity index is 644. The molecule has 0 saturated carbocycles. The Kier molecular flexibility index (Phi) is 3.42. The van der Waals surface area contributed by atoms with Gasteiger partial charge in [-0.25, -0.2) is 9.78 Å². The second-order valence-electron chi connectivity index (χ2n) is 3.69. The van der Waals surface area contributed by atoms with Crippen LogP contribution in [0.25, 0.3) is 5.76 Å². The van der Waals surface area contributed by atoms with Gasteiger partial charge in [-0.2, -0.15) is 0 Å². The lowest BCUT2D eigenvalue weighted by atomic mass is 10.2. The van der Waals surface area contributed by atoms with Crippen molar-refractivity contribution >= 4 is 17.5 Å². The van der Waals surface area contributed by atoms with Crippen molar-refractivity contribution in [3.63, 3.8) is 0 Å². The number of nitrogens with zero attached hydrogens (tertiary/aromatic N) is 1. The number of aromatic carboxylic acids is 1. The first-order valence-electron chi connectivity index (χ1n) is 5.37. The molecule has 2 aromatic rings. The van der Waals surface area contributed by atoms with Gasteiger partial charge in [-0.15, -0.1) is 0 Å². The monoisotopic (exact) mass is 258 g/mol. The summed E-state index contributed by atoms with van der Waals surface area (Å²) in [5.41, 5.74) is 0.144. The highest BCUT2D eigenvalue weighted by molar-refractivity contribution is 6.06. The van der Waals surface area contributed by atoms with Crippen molar-refractivity contribution in [3.05, 3.63) is 59.7 Å². The number of H-pyrrole nitrogens is 1. The van der Waals surface area contributed by atoms with E-state index in [0.717, 1.165) is 6.08 Å². The van der Waals surface area contributed by atoms with Crippen molar-refractivity contribution in [1.82, 2.24) is 9.97 Å². The molecule has 0 bridgehead atoms. The van der Waals surface area contributed by atoms with Crippen LogP contribution < -0.4 is 0 Å². The van der Waals surface area contributed by atoms with Crippen molar-refractivity contribution in [1.29, 1.82) is 0 Å². The third-order valence-electron chi connectivity index (χ3n) is 2.36. The van der Waals surface area contributed by atoms with E-state index < -0.39 is 11.8 Å². The number of aliphatic hydroxyl groups is 1. The van der Waals surface area contributed by atoms with Gasteiger partial charge < -0.3 is 15.2 Å². The normalized spacial score (nSPS) is 11.3. The Balaban J connectivity index is 2.28. The third-order valence-corrected chi connectivity index (χ3v) is 2.36. The number of carbonyl (C=O) groups is 2. The van der Waals surface area contributed by atoms with Crippen molar-refractivity contribution in [2.45, 2.75) is 0 Å². The lowest BCUT2D eigenvalue weighted by Crippen LogP contribution is -2.03. The maximum atomic E-state index is 11.7. The Morgan fingerprint density at radius 2 is 1.84 bits per heavy atom. The second-order valence-corrected chi connectivity index (χ2v) is 3.69. The average molecular weight is 258 g/mol. The molecule has 0 unspecified atom stereocenters. The summed E-state index contributed by atoms with van der Waals surface area (Å²) in [5, 5.41) is 18.6. The van der Waals surface area contributed by atoms with Crippen LogP contribution in [0, 0.1) is 0 Å². The molecular weight excluding hydrogens is 248 g/mol. The molecule has 0 aliphatic rings. The average Bonchev–Trinajstić information content (AvgIpc) is 2.92.